The summed E-state index contributed by atoms with van der Waals surface area (Å²) in [6.07, 6.45) is 0.399. The molecule has 0 aliphatic carbocycles. The molecule has 2 atom stereocenters. The molecule has 2 aromatic rings. The molecule has 4 rings (SSSR count). The topological polar surface area (TPSA) is 117 Å². The zero-order valence-corrected chi connectivity index (χ0v) is 25.4. The Morgan fingerprint density at radius 2 is 0.952 bits per heavy atom. The summed E-state index contributed by atoms with van der Waals surface area (Å²) in [4.78, 5) is 53.4. The zero-order chi connectivity index (χ0) is 30.7. The summed E-state index contributed by atoms with van der Waals surface area (Å²) in [6, 6.07) is 15.1. The molecule has 2 heterocycles. The predicted octanol–water partition coefficient (Wildman–Crippen LogP) is 5.74. The fourth-order valence-corrected chi connectivity index (χ4v) is 4.91. The highest BCUT2D eigenvalue weighted by Gasteiger charge is 2.34. The van der Waals surface area contributed by atoms with Crippen LogP contribution in [0.15, 0.2) is 48.5 Å². The summed E-state index contributed by atoms with van der Waals surface area (Å²) in [5.41, 5.74) is 2.14. The molecular weight excluding hydrogens is 536 g/mol. The molecule has 2 fully saturated rings. The van der Waals surface area contributed by atoms with Crippen LogP contribution in [0.5, 0.6) is 0 Å². The quantitative estimate of drug-likeness (QED) is 0.467. The number of nitrogens with one attached hydrogen (secondary N) is 2. The molecule has 0 saturated carbocycles. The van der Waals surface area contributed by atoms with Gasteiger partial charge in [0, 0.05) is 37.6 Å². The van der Waals surface area contributed by atoms with E-state index in [1.807, 2.05) is 90.1 Å². The number of likely N-dealkylation sites (tertiary alicyclic amines) is 2. The highest BCUT2D eigenvalue weighted by molar-refractivity contribution is 5.94. The Morgan fingerprint density at radius 3 is 1.26 bits per heavy atom. The van der Waals surface area contributed by atoms with E-state index in [1.165, 1.54) is 0 Å². The van der Waals surface area contributed by atoms with Gasteiger partial charge in [-0.1, -0.05) is 24.3 Å². The van der Waals surface area contributed by atoms with E-state index < -0.39 is 23.4 Å². The Labute approximate surface area is 247 Å². The average Bonchev–Trinajstić information content (AvgIpc) is 3.59. The number of hydrogen-bond donors (Lipinski definition) is 2. The summed E-state index contributed by atoms with van der Waals surface area (Å²) in [5, 5.41) is 5.90. The molecule has 2 aliphatic heterocycles. The van der Waals surface area contributed by atoms with Crippen LogP contribution >= 0.6 is 0 Å². The van der Waals surface area contributed by atoms with Crippen molar-refractivity contribution in [3.8, 4) is 11.1 Å². The highest BCUT2D eigenvalue weighted by atomic mass is 16.6. The first-order chi connectivity index (χ1) is 19.7. The summed E-state index contributed by atoms with van der Waals surface area (Å²) in [6.45, 7) is 12.6. The second-order valence-electron chi connectivity index (χ2n) is 13.0. The number of carbonyl (C=O) groups excluding carboxylic acids is 4. The van der Waals surface area contributed by atoms with Crippen LogP contribution in [-0.2, 0) is 19.1 Å². The van der Waals surface area contributed by atoms with Gasteiger partial charge < -0.3 is 29.9 Å². The highest BCUT2D eigenvalue weighted by Crippen LogP contribution is 2.26. The van der Waals surface area contributed by atoms with Gasteiger partial charge in [0.25, 0.3) is 0 Å². The van der Waals surface area contributed by atoms with Crippen molar-refractivity contribution >= 4 is 35.4 Å². The van der Waals surface area contributed by atoms with Crippen LogP contribution in [0.25, 0.3) is 11.1 Å². The monoisotopic (exact) mass is 578 g/mol. The molecule has 10 nitrogen and oxygen atoms in total. The van der Waals surface area contributed by atoms with Crippen LogP contribution in [0.1, 0.15) is 54.4 Å². The maximum atomic E-state index is 12.8. The van der Waals surface area contributed by atoms with Crippen molar-refractivity contribution in [2.75, 3.05) is 36.8 Å². The third kappa shape index (κ3) is 8.47. The van der Waals surface area contributed by atoms with Crippen molar-refractivity contribution < 1.29 is 28.7 Å². The lowest BCUT2D eigenvalue weighted by Crippen LogP contribution is -2.36. The summed E-state index contributed by atoms with van der Waals surface area (Å²) < 4.78 is 10.8. The predicted molar refractivity (Wildman–Crippen MR) is 161 cm³/mol. The number of ether oxygens (including phenoxy) is 2. The minimum Gasteiger partial charge on any atom is -0.444 e. The van der Waals surface area contributed by atoms with Crippen molar-refractivity contribution in [3.63, 3.8) is 0 Å². The van der Waals surface area contributed by atoms with E-state index in [1.54, 1.807) is 9.80 Å². The normalized spacial score (nSPS) is 18.9. The molecule has 4 amide bonds. The van der Waals surface area contributed by atoms with Gasteiger partial charge in [-0.05, 0) is 89.8 Å². The Balaban J connectivity index is 1.26. The molecule has 2 saturated heterocycles. The Hall–Kier alpha value is -4.08. The van der Waals surface area contributed by atoms with E-state index in [9.17, 15) is 19.2 Å². The van der Waals surface area contributed by atoms with Gasteiger partial charge in [-0.2, -0.15) is 0 Å². The fraction of sp³-hybridized carbons (Fsp3) is 0.500. The second kappa shape index (κ2) is 12.4. The van der Waals surface area contributed by atoms with Crippen molar-refractivity contribution in [2.24, 2.45) is 11.8 Å². The standard InChI is InChI=1S/C32H42N4O6/c1-31(2,3)41-29(39)35-17-15-23(19-35)27(37)33-25-11-7-21(8-12-25)22-9-13-26(14-10-22)34-28(38)24-16-18-36(20-24)30(40)42-32(4,5)6/h7-14,23-24H,15-20H2,1-6H3,(H,33,37)(H,34,38)/t23-,24+. The molecule has 2 N–H and O–H groups in total. The van der Waals surface area contributed by atoms with Crippen LogP contribution in [-0.4, -0.2) is 71.2 Å². The molecule has 0 bridgehead atoms. The smallest absolute Gasteiger partial charge is 0.410 e. The first-order valence-electron chi connectivity index (χ1n) is 14.4. The molecule has 0 spiro atoms. The van der Waals surface area contributed by atoms with Gasteiger partial charge in [0.2, 0.25) is 11.8 Å². The number of amides is 4. The zero-order valence-electron chi connectivity index (χ0n) is 25.4. The Bertz CT molecular complexity index is 1190. The van der Waals surface area contributed by atoms with Gasteiger partial charge in [0.15, 0.2) is 0 Å². The van der Waals surface area contributed by atoms with Crippen molar-refractivity contribution in [2.45, 2.75) is 65.6 Å². The SMILES string of the molecule is CC(C)(C)OC(=O)N1CC[C@@H](C(=O)Nc2ccc(-c3ccc(NC(=O)[C@H]4CCN(C(=O)OC(C)(C)C)C4)cc3)cc2)C1. The van der Waals surface area contributed by atoms with Crippen LogP contribution in [0, 0.1) is 11.8 Å². The van der Waals surface area contributed by atoms with E-state index in [0.717, 1.165) is 11.1 Å². The number of rotatable bonds is 5. The maximum absolute atomic E-state index is 12.8. The second-order valence-corrected chi connectivity index (χ2v) is 13.0. The lowest BCUT2D eigenvalue weighted by atomic mass is 10.0. The first-order valence-corrected chi connectivity index (χ1v) is 14.4. The van der Waals surface area contributed by atoms with Crippen molar-refractivity contribution in [3.05, 3.63) is 48.5 Å². The number of nitrogens with zero attached hydrogens (tertiary/aromatic N) is 2. The van der Waals surface area contributed by atoms with Crippen LogP contribution < -0.4 is 10.6 Å². The van der Waals surface area contributed by atoms with E-state index in [-0.39, 0.29) is 23.7 Å². The van der Waals surface area contributed by atoms with Gasteiger partial charge in [-0.25, -0.2) is 9.59 Å². The van der Waals surface area contributed by atoms with Crippen LogP contribution in [0.2, 0.25) is 0 Å². The van der Waals surface area contributed by atoms with Gasteiger partial charge in [0.1, 0.15) is 11.2 Å². The Morgan fingerprint density at radius 1 is 0.619 bits per heavy atom. The molecule has 42 heavy (non-hydrogen) atoms. The third-order valence-corrected chi connectivity index (χ3v) is 7.06. The lowest BCUT2D eigenvalue weighted by molar-refractivity contribution is -0.120. The number of carbonyl (C=O) groups is 4. The lowest BCUT2D eigenvalue weighted by Gasteiger charge is -2.24. The molecule has 0 unspecified atom stereocenters. The van der Waals surface area contributed by atoms with Gasteiger partial charge in [-0.3, -0.25) is 9.59 Å². The number of anilines is 2. The molecule has 0 radical (unpaired) electrons. The molecule has 10 heteroatoms. The molecule has 226 valence electrons. The van der Waals surface area contributed by atoms with Crippen LogP contribution in [0.4, 0.5) is 21.0 Å². The Kier molecular flexibility index (Phi) is 9.13. The average molecular weight is 579 g/mol. The summed E-state index contributed by atoms with van der Waals surface area (Å²) in [5.74, 6) is -0.815. The minimum atomic E-state index is -0.573. The molecular formula is C32H42N4O6. The van der Waals surface area contributed by atoms with E-state index >= 15 is 0 Å². The van der Waals surface area contributed by atoms with Gasteiger partial charge >= 0.3 is 12.2 Å². The van der Waals surface area contributed by atoms with E-state index in [4.69, 9.17) is 9.47 Å². The summed E-state index contributed by atoms with van der Waals surface area (Å²) in [7, 11) is 0. The third-order valence-electron chi connectivity index (χ3n) is 7.06. The van der Waals surface area contributed by atoms with Crippen LogP contribution in [0.3, 0.4) is 0 Å². The maximum Gasteiger partial charge on any atom is 0.410 e. The molecule has 2 aliphatic rings. The molecule has 2 aromatic carbocycles. The van der Waals surface area contributed by atoms with Gasteiger partial charge in [0.05, 0.1) is 11.8 Å². The van der Waals surface area contributed by atoms with E-state index in [2.05, 4.69) is 10.6 Å². The summed E-state index contributed by atoms with van der Waals surface area (Å²) >= 11 is 0. The molecule has 0 aromatic heterocycles. The van der Waals surface area contributed by atoms with Crippen molar-refractivity contribution in [1.82, 2.24) is 9.80 Å². The number of hydrogen-bond acceptors (Lipinski definition) is 6. The van der Waals surface area contributed by atoms with Gasteiger partial charge in [-0.15, -0.1) is 0 Å². The van der Waals surface area contributed by atoms with E-state index in [0.29, 0.717) is 50.4 Å². The minimum absolute atomic E-state index is 0.120. The van der Waals surface area contributed by atoms with Crippen molar-refractivity contribution in [1.29, 1.82) is 0 Å². The first kappa shape index (κ1) is 30.9. The number of benzene rings is 2. The largest absolute Gasteiger partial charge is 0.444 e. The fourth-order valence-electron chi connectivity index (χ4n) is 4.91.